The van der Waals surface area contributed by atoms with E-state index in [-0.39, 0.29) is 47.1 Å². The standard InChI is InChI=1S/C21H26FN10O7PS2/c22-9-12(34)7(39-19(9)31-5-27-10-15(23)25-4-26-16(10)31)3-38-40(37,41)14-13(35)8(1-2-33)42-20(14)32-6-28-11-17(32)29-21(24)30-18(11)36/h4-9,12-14,19-20,33-35H,1-3H2,(H,37,41)(H2,23,25,26)(H3,24,29,30,36)/t7-,8-,9+,12-,13-,14-,19?,20-,40?/m1/s1. The number of alkyl halides is 1. The number of hydrogen-bond acceptors (Lipinski definition) is 15. The molecule has 42 heavy (non-hydrogen) atoms. The van der Waals surface area contributed by atoms with Gasteiger partial charge >= 0.3 is 0 Å². The lowest BCUT2D eigenvalue weighted by Gasteiger charge is -2.30. The summed E-state index contributed by atoms with van der Waals surface area (Å²) >= 11 is 6.71. The molecule has 2 fully saturated rings. The van der Waals surface area contributed by atoms with Crippen LogP contribution < -0.4 is 17.0 Å². The summed E-state index contributed by atoms with van der Waals surface area (Å²) in [4.78, 5) is 46.4. The van der Waals surface area contributed by atoms with Gasteiger partial charge in [-0.1, -0.05) is 0 Å². The van der Waals surface area contributed by atoms with Crippen molar-refractivity contribution in [1.29, 1.82) is 0 Å². The summed E-state index contributed by atoms with van der Waals surface area (Å²) in [5, 5.41) is 30.0. The smallest absolute Gasteiger partial charge is 0.280 e. The van der Waals surface area contributed by atoms with Gasteiger partial charge in [-0.3, -0.25) is 14.3 Å². The highest BCUT2D eigenvalue weighted by atomic mass is 32.5. The Bertz CT molecular complexity index is 1740. The van der Waals surface area contributed by atoms with E-state index in [4.69, 9.17) is 32.5 Å². The number of nitrogens with one attached hydrogen (secondary N) is 1. The SMILES string of the molecule is Nc1nc2c(ncn2[C@@H]2S[C@H](CCO)[C@@H](O)[C@H]2P(O)(=S)OC[C@H]2OC(n3cnc4c(N)ncnc43)[C@@H](F)[C@@H]2O)c(=O)[nH]1. The van der Waals surface area contributed by atoms with E-state index >= 15 is 4.39 Å². The van der Waals surface area contributed by atoms with Gasteiger partial charge in [-0.15, -0.1) is 11.8 Å². The first-order valence-electron chi connectivity index (χ1n) is 12.6. The molecule has 2 aliphatic heterocycles. The first-order chi connectivity index (χ1) is 20.0. The van der Waals surface area contributed by atoms with Crippen LogP contribution in [0.2, 0.25) is 0 Å². The Balaban J connectivity index is 1.25. The predicted molar refractivity (Wildman–Crippen MR) is 151 cm³/mol. The van der Waals surface area contributed by atoms with E-state index in [2.05, 4.69) is 29.9 Å². The fraction of sp³-hybridized carbons (Fsp3) is 0.524. The lowest BCUT2D eigenvalue weighted by Crippen LogP contribution is -2.35. The zero-order chi connectivity index (χ0) is 29.9. The maximum atomic E-state index is 15.2. The Hall–Kier alpha value is -2.81. The van der Waals surface area contributed by atoms with E-state index in [1.165, 1.54) is 39.9 Å². The second-order valence-electron chi connectivity index (χ2n) is 9.78. The highest BCUT2D eigenvalue weighted by molar-refractivity contribution is 8.10. The molecule has 0 saturated carbocycles. The molecule has 0 aromatic carbocycles. The quantitative estimate of drug-likeness (QED) is 0.111. The molecule has 9 N–H and O–H groups in total. The second-order valence-corrected chi connectivity index (χ2v) is 14.7. The Morgan fingerprint density at radius 3 is 2.64 bits per heavy atom. The van der Waals surface area contributed by atoms with E-state index < -0.39 is 65.7 Å². The number of ether oxygens (including phenoxy) is 1. The van der Waals surface area contributed by atoms with Crippen molar-refractivity contribution in [3.8, 4) is 0 Å². The highest BCUT2D eigenvalue weighted by Gasteiger charge is 2.53. The molecular formula is C21H26FN10O7PS2. The van der Waals surface area contributed by atoms with Crippen LogP contribution in [0, 0.1) is 0 Å². The van der Waals surface area contributed by atoms with Crippen molar-refractivity contribution in [2.75, 3.05) is 24.7 Å². The number of imidazole rings is 2. The summed E-state index contributed by atoms with van der Waals surface area (Å²) in [6.45, 7) is -4.73. The summed E-state index contributed by atoms with van der Waals surface area (Å²) in [5.74, 6) is -0.0766. The summed E-state index contributed by atoms with van der Waals surface area (Å²) in [6.07, 6.45) is -3.52. The largest absolute Gasteiger partial charge is 0.396 e. The molecule has 9 atom stereocenters. The van der Waals surface area contributed by atoms with Crippen molar-refractivity contribution in [2.45, 2.75) is 53.4 Å². The number of aromatic nitrogens is 8. The fourth-order valence-corrected chi connectivity index (χ4v) is 10.3. The minimum Gasteiger partial charge on any atom is -0.396 e. The number of aliphatic hydroxyl groups is 3. The van der Waals surface area contributed by atoms with E-state index in [0.717, 1.165) is 0 Å². The number of rotatable bonds is 8. The number of halogens is 1. The molecule has 17 nitrogen and oxygen atoms in total. The molecule has 2 saturated heterocycles. The van der Waals surface area contributed by atoms with Crippen LogP contribution >= 0.6 is 18.3 Å². The minimum absolute atomic E-state index is 0.0163. The molecule has 21 heteroatoms. The molecule has 2 unspecified atom stereocenters. The van der Waals surface area contributed by atoms with Crippen molar-refractivity contribution in [2.24, 2.45) is 0 Å². The third-order valence-electron chi connectivity index (χ3n) is 7.23. The molecule has 0 radical (unpaired) electrons. The Kier molecular flexibility index (Phi) is 7.69. The van der Waals surface area contributed by atoms with Gasteiger partial charge in [0.25, 0.3) is 5.56 Å². The normalized spacial score (nSPS) is 31.3. The van der Waals surface area contributed by atoms with Crippen LogP contribution in [0.25, 0.3) is 22.3 Å². The monoisotopic (exact) mass is 644 g/mol. The van der Waals surface area contributed by atoms with E-state index in [1.807, 2.05) is 0 Å². The molecule has 0 spiro atoms. The minimum atomic E-state index is -3.96. The fourth-order valence-electron chi connectivity index (χ4n) is 5.20. The maximum absolute atomic E-state index is 15.2. The average Bonchev–Trinajstić information content (AvgIpc) is 3.69. The van der Waals surface area contributed by atoms with Crippen molar-refractivity contribution < 1.29 is 33.9 Å². The van der Waals surface area contributed by atoms with Crippen LogP contribution in [0.3, 0.4) is 0 Å². The zero-order valence-electron chi connectivity index (χ0n) is 21.4. The number of nitrogens with two attached hydrogens (primary N) is 2. The van der Waals surface area contributed by atoms with Crippen molar-refractivity contribution in [3.63, 3.8) is 0 Å². The molecule has 4 aromatic rings. The van der Waals surface area contributed by atoms with Gasteiger partial charge in [-0.05, 0) is 18.2 Å². The average molecular weight is 645 g/mol. The van der Waals surface area contributed by atoms with Crippen molar-refractivity contribution in [3.05, 3.63) is 29.3 Å². The molecule has 2 aliphatic rings. The number of aromatic amines is 1. The van der Waals surface area contributed by atoms with Gasteiger partial charge in [-0.2, -0.15) is 4.98 Å². The van der Waals surface area contributed by atoms with Crippen molar-refractivity contribution in [1.82, 2.24) is 39.0 Å². The molecule has 0 aliphatic carbocycles. The number of fused-ring (bicyclic) bond motifs is 2. The number of aliphatic hydroxyl groups excluding tert-OH is 3. The summed E-state index contributed by atoms with van der Waals surface area (Å²) in [5.41, 5.74) is 10.3. The number of nitrogen functional groups attached to an aromatic ring is 2. The summed E-state index contributed by atoms with van der Waals surface area (Å²) in [6, 6.07) is 0. The van der Waals surface area contributed by atoms with Gasteiger partial charge in [0.1, 0.15) is 24.1 Å². The van der Waals surface area contributed by atoms with Gasteiger partial charge in [-0.25, -0.2) is 24.3 Å². The van der Waals surface area contributed by atoms with Crippen LogP contribution in [-0.2, 0) is 21.1 Å². The molecule has 0 amide bonds. The predicted octanol–water partition coefficient (Wildman–Crippen LogP) is -1.24. The van der Waals surface area contributed by atoms with Gasteiger partial charge in [0.15, 0.2) is 41.5 Å². The van der Waals surface area contributed by atoms with Gasteiger partial charge < -0.3 is 45.5 Å². The van der Waals surface area contributed by atoms with E-state index in [1.54, 1.807) is 0 Å². The van der Waals surface area contributed by atoms with E-state index in [9.17, 15) is 25.0 Å². The topological polar surface area (TPSA) is 259 Å². The lowest BCUT2D eigenvalue weighted by molar-refractivity contribution is -0.0417. The molecule has 6 heterocycles. The number of H-pyrrole nitrogens is 1. The van der Waals surface area contributed by atoms with Crippen LogP contribution in [0.4, 0.5) is 16.2 Å². The third-order valence-corrected chi connectivity index (χ3v) is 12.0. The molecule has 4 aromatic heterocycles. The first-order valence-corrected chi connectivity index (χ1v) is 16.2. The zero-order valence-corrected chi connectivity index (χ0v) is 23.9. The van der Waals surface area contributed by atoms with Crippen molar-refractivity contribution >= 4 is 64.2 Å². The van der Waals surface area contributed by atoms with Gasteiger partial charge in [0.05, 0.1) is 36.4 Å². The number of thioether (sulfide) groups is 1. The highest BCUT2D eigenvalue weighted by Crippen LogP contribution is 2.62. The molecule has 6 rings (SSSR count). The third kappa shape index (κ3) is 4.85. The number of nitrogens with zero attached hydrogens (tertiary/aromatic N) is 7. The van der Waals surface area contributed by atoms with Gasteiger partial charge in [0, 0.05) is 11.9 Å². The Morgan fingerprint density at radius 1 is 1.14 bits per heavy atom. The van der Waals surface area contributed by atoms with Crippen LogP contribution in [0.5, 0.6) is 0 Å². The Morgan fingerprint density at radius 2 is 1.88 bits per heavy atom. The second kappa shape index (κ2) is 11.0. The van der Waals surface area contributed by atoms with Gasteiger partial charge in [0.2, 0.25) is 5.95 Å². The van der Waals surface area contributed by atoms with Crippen LogP contribution in [-0.4, -0.2) is 108 Å². The van der Waals surface area contributed by atoms with Crippen LogP contribution in [0.1, 0.15) is 18.0 Å². The maximum Gasteiger partial charge on any atom is 0.280 e. The summed E-state index contributed by atoms with van der Waals surface area (Å²) < 4.78 is 29.5. The van der Waals surface area contributed by atoms with Crippen LogP contribution in [0.15, 0.2) is 23.8 Å². The number of hydrogen-bond donors (Lipinski definition) is 7. The molecule has 226 valence electrons. The number of anilines is 2. The molecular weight excluding hydrogens is 618 g/mol. The first kappa shape index (κ1) is 29.3. The van der Waals surface area contributed by atoms with E-state index in [0.29, 0.717) is 0 Å². The summed E-state index contributed by atoms with van der Waals surface area (Å²) in [7, 11) is 0. The lowest BCUT2D eigenvalue weighted by atomic mass is 10.1. The molecule has 0 bridgehead atoms. The Labute approximate surface area is 244 Å².